The Balaban J connectivity index is 2.04. The Hall–Kier alpha value is -2.27. The molecule has 0 aliphatic rings. The third-order valence-electron chi connectivity index (χ3n) is 3.71. The van der Waals surface area contributed by atoms with Crippen molar-refractivity contribution in [3.63, 3.8) is 0 Å². The molecule has 0 aliphatic carbocycles. The molecule has 25 heavy (non-hydrogen) atoms. The molecule has 3 aromatic carbocycles. The van der Waals surface area contributed by atoms with Crippen molar-refractivity contribution in [3.8, 4) is 0 Å². The van der Waals surface area contributed by atoms with Gasteiger partial charge in [0, 0.05) is 11.1 Å². The predicted molar refractivity (Wildman–Crippen MR) is 91.4 cm³/mol. The Kier molecular flexibility index (Phi) is 5.43. The first-order valence-corrected chi connectivity index (χ1v) is 8.84. The molecule has 5 heteroatoms. The lowest BCUT2D eigenvalue weighted by atomic mass is 10.2. The van der Waals surface area contributed by atoms with E-state index in [4.69, 9.17) is 0 Å². The maximum absolute atomic E-state index is 12.8. The number of rotatable bonds is 5. The zero-order valence-electron chi connectivity index (χ0n) is 13.1. The first kappa shape index (κ1) is 17.5. The van der Waals surface area contributed by atoms with E-state index < -0.39 is 23.7 Å². The molecule has 0 nitrogen and oxygen atoms in total. The lowest BCUT2D eigenvalue weighted by Crippen LogP contribution is -2.05. The van der Waals surface area contributed by atoms with Crippen LogP contribution in [0.25, 0.3) is 0 Å². The van der Waals surface area contributed by atoms with Gasteiger partial charge in [-0.3, -0.25) is 0 Å². The van der Waals surface area contributed by atoms with Crippen LogP contribution in [0.15, 0.2) is 93.5 Å². The molecule has 128 valence electrons. The number of hydrogen-bond donors (Lipinski definition) is 0. The summed E-state index contributed by atoms with van der Waals surface area (Å²) in [5.41, 5.74) is -0.0678. The molecule has 0 saturated carbocycles. The zero-order chi connectivity index (χ0) is 17.8. The SMILES string of the molecule is FC(F)c1ccc([S+](c2ccccc2)c2ccc(C(F)F)cc2)cc1. The van der Waals surface area contributed by atoms with E-state index in [0.29, 0.717) is 0 Å². The van der Waals surface area contributed by atoms with Gasteiger partial charge in [-0.1, -0.05) is 18.2 Å². The molecule has 0 N–H and O–H groups in total. The van der Waals surface area contributed by atoms with Crippen molar-refractivity contribution in [2.75, 3.05) is 0 Å². The summed E-state index contributed by atoms with van der Waals surface area (Å²) in [6, 6.07) is 22.0. The summed E-state index contributed by atoms with van der Waals surface area (Å²) < 4.78 is 51.2. The highest BCUT2D eigenvalue weighted by molar-refractivity contribution is 7.97. The Morgan fingerprint density at radius 3 is 1.20 bits per heavy atom. The molecule has 0 heterocycles. The van der Waals surface area contributed by atoms with Crippen LogP contribution in [0, 0.1) is 0 Å². The van der Waals surface area contributed by atoms with Gasteiger partial charge in [0.15, 0.2) is 14.7 Å². The molecule has 0 unspecified atom stereocenters. The second-order valence-electron chi connectivity index (χ2n) is 5.36. The van der Waals surface area contributed by atoms with Crippen molar-refractivity contribution in [1.82, 2.24) is 0 Å². The fourth-order valence-corrected chi connectivity index (χ4v) is 4.53. The van der Waals surface area contributed by atoms with Gasteiger partial charge in [0.1, 0.15) is 0 Å². The van der Waals surface area contributed by atoms with Gasteiger partial charge in [0.25, 0.3) is 12.9 Å². The maximum Gasteiger partial charge on any atom is 0.263 e. The van der Waals surface area contributed by atoms with Gasteiger partial charge in [-0.05, 0) is 60.7 Å². The van der Waals surface area contributed by atoms with Crippen LogP contribution < -0.4 is 0 Å². The summed E-state index contributed by atoms with van der Waals surface area (Å²) in [4.78, 5) is 2.72. The highest BCUT2D eigenvalue weighted by Crippen LogP contribution is 2.33. The van der Waals surface area contributed by atoms with E-state index in [0.717, 1.165) is 14.7 Å². The first-order chi connectivity index (χ1) is 12.1. The second-order valence-corrected chi connectivity index (χ2v) is 7.39. The Labute approximate surface area is 146 Å². The topological polar surface area (TPSA) is 0 Å². The zero-order valence-corrected chi connectivity index (χ0v) is 13.9. The standard InChI is InChI=1S/C20H15F4S/c21-19(22)14-6-10-17(11-7-14)25(16-4-2-1-3-5-16)18-12-8-15(9-13-18)20(23)24/h1-13,19-20H/q+1. The van der Waals surface area contributed by atoms with Crippen LogP contribution in [0.3, 0.4) is 0 Å². The molecule has 0 saturated heterocycles. The molecule has 0 spiro atoms. The van der Waals surface area contributed by atoms with Gasteiger partial charge < -0.3 is 0 Å². The van der Waals surface area contributed by atoms with Crippen LogP contribution in [0.5, 0.6) is 0 Å². The van der Waals surface area contributed by atoms with Crippen LogP contribution in [0.1, 0.15) is 24.0 Å². The van der Waals surface area contributed by atoms with Gasteiger partial charge in [-0.2, -0.15) is 0 Å². The Morgan fingerprint density at radius 2 is 0.840 bits per heavy atom. The second kappa shape index (κ2) is 7.74. The number of hydrogen-bond acceptors (Lipinski definition) is 0. The average molecular weight is 363 g/mol. The van der Waals surface area contributed by atoms with E-state index in [1.807, 2.05) is 30.3 Å². The van der Waals surface area contributed by atoms with Crippen LogP contribution >= 0.6 is 0 Å². The lowest BCUT2D eigenvalue weighted by molar-refractivity contribution is 0.151. The lowest BCUT2D eigenvalue weighted by Gasteiger charge is -2.09. The molecule has 0 aliphatic heterocycles. The molecule has 0 bridgehead atoms. The minimum atomic E-state index is -2.52. The molecule has 0 aromatic heterocycles. The Morgan fingerprint density at radius 1 is 0.480 bits per heavy atom. The van der Waals surface area contributed by atoms with E-state index >= 15 is 0 Å². The smallest absolute Gasteiger partial charge is 0.205 e. The molecule has 3 rings (SSSR count). The van der Waals surface area contributed by atoms with Crippen molar-refractivity contribution in [2.45, 2.75) is 27.5 Å². The Bertz CT molecular complexity index is 748. The molecule has 3 aromatic rings. The maximum atomic E-state index is 12.8. The van der Waals surface area contributed by atoms with Crippen LogP contribution in [-0.4, -0.2) is 0 Å². The quantitative estimate of drug-likeness (QED) is 0.351. The molecule has 0 radical (unpaired) electrons. The highest BCUT2D eigenvalue weighted by Gasteiger charge is 2.29. The monoisotopic (exact) mass is 363 g/mol. The van der Waals surface area contributed by atoms with Crippen molar-refractivity contribution in [1.29, 1.82) is 0 Å². The third kappa shape index (κ3) is 4.04. The van der Waals surface area contributed by atoms with Gasteiger partial charge in [-0.15, -0.1) is 0 Å². The van der Waals surface area contributed by atoms with E-state index in [1.54, 1.807) is 24.3 Å². The summed E-state index contributed by atoms with van der Waals surface area (Å²) in [6.45, 7) is 0. The van der Waals surface area contributed by atoms with Crippen molar-refractivity contribution < 1.29 is 17.6 Å². The van der Waals surface area contributed by atoms with E-state index in [1.165, 1.54) is 24.3 Å². The van der Waals surface area contributed by atoms with Crippen molar-refractivity contribution in [2.24, 2.45) is 0 Å². The van der Waals surface area contributed by atoms with Crippen molar-refractivity contribution >= 4 is 10.9 Å². The summed E-state index contributed by atoms with van der Waals surface area (Å²) >= 11 is 0. The largest absolute Gasteiger partial charge is 0.263 e. The van der Waals surface area contributed by atoms with Crippen molar-refractivity contribution in [3.05, 3.63) is 90.0 Å². The fourth-order valence-electron chi connectivity index (χ4n) is 2.46. The van der Waals surface area contributed by atoms with E-state index in [-0.39, 0.29) is 11.1 Å². The normalized spacial score (nSPS) is 11.5. The fraction of sp³-hybridized carbons (Fsp3) is 0.100. The highest BCUT2D eigenvalue weighted by atomic mass is 32.2. The third-order valence-corrected chi connectivity index (χ3v) is 5.95. The van der Waals surface area contributed by atoms with Gasteiger partial charge in [0.2, 0.25) is 0 Å². The average Bonchev–Trinajstić information content (AvgIpc) is 2.64. The van der Waals surface area contributed by atoms with Crippen LogP contribution in [0.4, 0.5) is 17.6 Å². The summed E-state index contributed by atoms with van der Waals surface area (Å²) in [5, 5.41) is 0. The number of halogens is 4. The van der Waals surface area contributed by atoms with E-state index in [2.05, 4.69) is 0 Å². The minimum absolute atomic E-state index is 0.0339. The molecule has 0 amide bonds. The number of benzene rings is 3. The molecule has 0 atom stereocenters. The molecular formula is C20H15F4S+. The first-order valence-electron chi connectivity index (χ1n) is 7.62. The van der Waals surface area contributed by atoms with Gasteiger partial charge >= 0.3 is 0 Å². The summed E-state index contributed by atoms with van der Waals surface area (Å²) in [7, 11) is -0.547. The predicted octanol–water partition coefficient (Wildman–Crippen LogP) is 6.66. The van der Waals surface area contributed by atoms with Crippen LogP contribution in [0.2, 0.25) is 0 Å². The summed E-state index contributed by atoms with van der Waals surface area (Å²) in [5.74, 6) is 0. The van der Waals surface area contributed by atoms with Gasteiger partial charge in [0.05, 0.1) is 10.9 Å². The van der Waals surface area contributed by atoms with Crippen LogP contribution in [-0.2, 0) is 10.9 Å². The molecular weight excluding hydrogens is 348 g/mol. The number of alkyl halides is 4. The minimum Gasteiger partial charge on any atom is -0.205 e. The summed E-state index contributed by atoms with van der Waals surface area (Å²) in [6.07, 6.45) is -5.03. The van der Waals surface area contributed by atoms with E-state index in [9.17, 15) is 17.6 Å². The van der Waals surface area contributed by atoms with Gasteiger partial charge in [-0.25, -0.2) is 17.6 Å². The molecule has 0 fully saturated rings.